The first-order valence-electron chi connectivity index (χ1n) is 6.86. The lowest BCUT2D eigenvalue weighted by Gasteiger charge is -2.07. The number of pyridine rings is 1. The first-order chi connectivity index (χ1) is 9.56. The van der Waals surface area contributed by atoms with Crippen molar-refractivity contribution in [1.29, 1.82) is 0 Å². The Morgan fingerprint density at radius 1 is 1.15 bits per heavy atom. The highest BCUT2D eigenvalue weighted by atomic mass is 16.2. The molecule has 0 aliphatic carbocycles. The molecule has 1 aromatic heterocycles. The molecule has 0 aliphatic rings. The van der Waals surface area contributed by atoms with Crippen LogP contribution in [0, 0.1) is 6.92 Å². The zero-order valence-electron chi connectivity index (χ0n) is 12.2. The van der Waals surface area contributed by atoms with Gasteiger partial charge in [-0.25, -0.2) is 0 Å². The molecule has 0 fully saturated rings. The van der Waals surface area contributed by atoms with E-state index in [1.165, 1.54) is 5.56 Å². The highest BCUT2D eigenvalue weighted by molar-refractivity contribution is 5.81. The Kier molecular flexibility index (Phi) is 4.51. The molecular formula is C17H20N2O. The maximum Gasteiger partial charge on any atom is 0.236 e. The lowest BCUT2D eigenvalue weighted by Crippen LogP contribution is -2.28. The lowest BCUT2D eigenvalue weighted by atomic mass is 10.1. The molecule has 0 saturated carbocycles. The average Bonchev–Trinajstić information content (AvgIpc) is 2.41. The van der Waals surface area contributed by atoms with Gasteiger partial charge in [-0.1, -0.05) is 35.9 Å². The van der Waals surface area contributed by atoms with Gasteiger partial charge in [0.1, 0.15) is 5.49 Å². The Morgan fingerprint density at radius 3 is 2.50 bits per heavy atom. The van der Waals surface area contributed by atoms with Crippen molar-refractivity contribution in [2.75, 3.05) is 0 Å². The topological polar surface area (TPSA) is 34.4 Å². The van der Waals surface area contributed by atoms with Crippen LogP contribution in [0.1, 0.15) is 29.8 Å². The molecule has 0 bridgehead atoms. The van der Waals surface area contributed by atoms with Crippen molar-refractivity contribution in [3.8, 4) is 0 Å². The van der Waals surface area contributed by atoms with Crippen molar-refractivity contribution in [1.82, 2.24) is 4.57 Å². The van der Waals surface area contributed by atoms with Crippen LogP contribution >= 0.6 is 0 Å². The van der Waals surface area contributed by atoms with Gasteiger partial charge >= 0.3 is 0 Å². The molecule has 3 nitrogen and oxygen atoms in total. The van der Waals surface area contributed by atoms with Gasteiger partial charge in [-0.05, 0) is 38.5 Å². The van der Waals surface area contributed by atoms with Crippen LogP contribution in [0.2, 0.25) is 0 Å². The molecule has 104 valence electrons. The van der Waals surface area contributed by atoms with Crippen molar-refractivity contribution >= 4 is 5.91 Å². The minimum Gasteiger partial charge on any atom is -0.274 e. The Hall–Kier alpha value is -2.16. The van der Waals surface area contributed by atoms with Gasteiger partial charge in [0.25, 0.3) is 0 Å². The third-order valence-corrected chi connectivity index (χ3v) is 2.97. The molecule has 3 heteroatoms. The molecule has 0 amide bonds. The van der Waals surface area contributed by atoms with E-state index in [1.54, 1.807) is 10.8 Å². The summed E-state index contributed by atoms with van der Waals surface area (Å²) in [4.78, 5) is 16.9. The zero-order valence-corrected chi connectivity index (χ0v) is 12.2. The fourth-order valence-electron chi connectivity index (χ4n) is 1.98. The van der Waals surface area contributed by atoms with Crippen LogP contribution < -0.4 is 5.49 Å². The number of aromatic nitrogens is 1. The molecule has 0 unspecified atom stereocenters. The summed E-state index contributed by atoms with van der Waals surface area (Å²) in [5.41, 5.74) is 2.93. The second-order valence-corrected chi connectivity index (χ2v) is 5.21. The smallest absolute Gasteiger partial charge is 0.236 e. The summed E-state index contributed by atoms with van der Waals surface area (Å²) < 4.78 is 1.62. The largest absolute Gasteiger partial charge is 0.274 e. The summed E-state index contributed by atoms with van der Waals surface area (Å²) in [6, 6.07) is 13.8. The summed E-state index contributed by atoms with van der Waals surface area (Å²) in [5.74, 6) is 0.0360. The van der Waals surface area contributed by atoms with E-state index in [0.29, 0.717) is 11.9 Å². The maximum atomic E-state index is 12.4. The number of carbonyl (C=O) groups excluding carboxylic acids is 1. The van der Waals surface area contributed by atoms with E-state index >= 15 is 0 Å². The highest BCUT2D eigenvalue weighted by Crippen LogP contribution is 2.04. The highest BCUT2D eigenvalue weighted by Gasteiger charge is 2.06. The fraction of sp³-hybridized carbons (Fsp3) is 0.294. The number of hydrogen-bond acceptors (Lipinski definition) is 2. The molecule has 2 aromatic rings. The quantitative estimate of drug-likeness (QED) is 0.842. The van der Waals surface area contributed by atoms with E-state index in [2.05, 4.69) is 4.99 Å². The van der Waals surface area contributed by atoms with Crippen LogP contribution in [-0.4, -0.2) is 16.5 Å². The number of hydrogen-bond donors (Lipinski definition) is 0. The summed E-state index contributed by atoms with van der Waals surface area (Å²) in [6.45, 7) is 6.04. The average molecular weight is 268 g/mol. The Bertz CT molecular complexity index is 651. The third-order valence-electron chi connectivity index (χ3n) is 2.97. The van der Waals surface area contributed by atoms with Crippen molar-refractivity contribution in [3.63, 3.8) is 0 Å². The predicted molar refractivity (Wildman–Crippen MR) is 80.6 cm³/mol. The lowest BCUT2D eigenvalue weighted by molar-refractivity contribution is 0.0908. The minimum atomic E-state index is 0.0360. The van der Waals surface area contributed by atoms with E-state index in [1.807, 2.05) is 63.2 Å². The summed E-state index contributed by atoms with van der Waals surface area (Å²) in [5, 5.41) is 0. The fourth-order valence-corrected chi connectivity index (χ4v) is 1.98. The van der Waals surface area contributed by atoms with Crippen molar-refractivity contribution < 1.29 is 4.79 Å². The van der Waals surface area contributed by atoms with Gasteiger partial charge in [0.15, 0.2) is 0 Å². The van der Waals surface area contributed by atoms with Crippen LogP contribution in [0.5, 0.6) is 0 Å². The molecular weight excluding hydrogens is 248 g/mol. The van der Waals surface area contributed by atoms with Gasteiger partial charge in [0.05, 0.1) is 6.42 Å². The van der Waals surface area contributed by atoms with E-state index < -0.39 is 0 Å². The third kappa shape index (κ3) is 3.67. The molecule has 20 heavy (non-hydrogen) atoms. The molecule has 0 N–H and O–H groups in total. The molecule has 1 heterocycles. The van der Waals surface area contributed by atoms with Crippen molar-refractivity contribution in [2.45, 2.75) is 33.2 Å². The van der Waals surface area contributed by atoms with Crippen LogP contribution in [-0.2, 0) is 6.42 Å². The number of carbonyl (C=O) groups is 1. The molecule has 0 radical (unpaired) electrons. The Morgan fingerprint density at radius 2 is 1.85 bits per heavy atom. The second kappa shape index (κ2) is 6.33. The van der Waals surface area contributed by atoms with E-state index in [0.717, 1.165) is 5.56 Å². The van der Waals surface area contributed by atoms with E-state index in [-0.39, 0.29) is 11.9 Å². The number of aryl methyl sites for hydroxylation is 1. The van der Waals surface area contributed by atoms with Gasteiger partial charge in [0.2, 0.25) is 5.91 Å². The van der Waals surface area contributed by atoms with Gasteiger partial charge in [-0.3, -0.25) is 14.4 Å². The minimum absolute atomic E-state index is 0.0360. The summed E-state index contributed by atoms with van der Waals surface area (Å²) in [7, 11) is 0. The predicted octanol–water partition coefficient (Wildman–Crippen LogP) is 2.99. The molecule has 2 rings (SSSR count). The zero-order chi connectivity index (χ0) is 14.5. The molecule has 0 spiro atoms. The van der Waals surface area contributed by atoms with Crippen molar-refractivity contribution in [2.24, 2.45) is 4.99 Å². The number of nitrogens with zero attached hydrogens (tertiary/aromatic N) is 2. The molecule has 1 aromatic carbocycles. The van der Waals surface area contributed by atoms with Gasteiger partial charge in [0, 0.05) is 12.2 Å². The first kappa shape index (κ1) is 14.3. The monoisotopic (exact) mass is 268 g/mol. The Balaban J connectivity index is 2.28. The molecule has 0 atom stereocenters. The van der Waals surface area contributed by atoms with Crippen LogP contribution in [0.4, 0.5) is 0 Å². The van der Waals surface area contributed by atoms with Crippen LogP contribution in [0.3, 0.4) is 0 Å². The number of benzene rings is 1. The normalized spacial score (nSPS) is 11.9. The van der Waals surface area contributed by atoms with Gasteiger partial charge < -0.3 is 0 Å². The van der Waals surface area contributed by atoms with Crippen LogP contribution in [0.15, 0.2) is 53.7 Å². The first-order valence-corrected chi connectivity index (χ1v) is 6.86. The molecule has 0 saturated heterocycles. The maximum absolute atomic E-state index is 12.4. The van der Waals surface area contributed by atoms with Crippen LogP contribution in [0.25, 0.3) is 0 Å². The number of rotatable bonds is 3. The van der Waals surface area contributed by atoms with E-state index in [9.17, 15) is 4.79 Å². The standard InChI is InChI=1S/C17H20N2O/c1-13(2)18-16-6-4-5-11-19(16)17(20)12-15-9-7-14(3)8-10-15/h4-11,13H,12H2,1-3H3. The Labute approximate surface area is 119 Å². The summed E-state index contributed by atoms with van der Waals surface area (Å²) >= 11 is 0. The van der Waals surface area contributed by atoms with Crippen molar-refractivity contribution in [3.05, 3.63) is 65.3 Å². The summed E-state index contributed by atoms with van der Waals surface area (Å²) in [6.07, 6.45) is 2.16. The van der Waals surface area contributed by atoms with Gasteiger partial charge in [-0.2, -0.15) is 0 Å². The van der Waals surface area contributed by atoms with E-state index in [4.69, 9.17) is 0 Å². The second-order valence-electron chi connectivity index (χ2n) is 5.21. The SMILES string of the molecule is Cc1ccc(CC(=O)n2ccccc2=NC(C)C)cc1. The van der Waals surface area contributed by atoms with Gasteiger partial charge in [-0.15, -0.1) is 0 Å². The molecule has 0 aliphatic heterocycles.